The second kappa shape index (κ2) is 11.3. The van der Waals surface area contributed by atoms with E-state index in [1.54, 1.807) is 50.3 Å². The van der Waals surface area contributed by atoms with Gasteiger partial charge in [-0.2, -0.15) is 0 Å². The van der Waals surface area contributed by atoms with E-state index in [4.69, 9.17) is 19.2 Å². The zero-order chi connectivity index (χ0) is 30.1. The minimum Gasteiger partial charge on any atom is -0.465 e. The Morgan fingerprint density at radius 3 is 1.67 bits per heavy atom. The van der Waals surface area contributed by atoms with Gasteiger partial charge < -0.3 is 29.2 Å². The van der Waals surface area contributed by atoms with E-state index in [2.05, 4.69) is 15.0 Å². The molecule has 43 heavy (non-hydrogen) atoms. The number of nitrogens with zero attached hydrogens (tertiary/aromatic N) is 1. The maximum Gasteiger partial charge on any atom is 0.342 e. The van der Waals surface area contributed by atoms with Gasteiger partial charge in [0.15, 0.2) is 0 Å². The second-order valence-electron chi connectivity index (χ2n) is 9.71. The average molecular weight is 577 g/mol. The van der Waals surface area contributed by atoms with Crippen molar-refractivity contribution in [2.75, 3.05) is 20.3 Å². The number of hydrogen-bond acceptors (Lipinski definition) is 7. The Morgan fingerprint density at radius 1 is 0.605 bits per heavy atom. The molecule has 4 aromatic heterocycles. The fourth-order valence-corrected chi connectivity index (χ4v) is 5.19. The van der Waals surface area contributed by atoms with Crippen LogP contribution in [0.5, 0.6) is 0 Å². The largest absolute Gasteiger partial charge is 0.465 e. The van der Waals surface area contributed by atoms with Gasteiger partial charge in [-0.1, -0.05) is 12.1 Å². The number of hydrogen-bond donors (Lipinski definition) is 3. The minimum atomic E-state index is -0.513. The van der Waals surface area contributed by atoms with Gasteiger partial charge in [0, 0.05) is 16.6 Å². The van der Waals surface area contributed by atoms with Crippen molar-refractivity contribution in [2.24, 2.45) is 0 Å². The van der Waals surface area contributed by atoms with E-state index in [1.165, 1.54) is 7.11 Å². The predicted molar refractivity (Wildman–Crippen MR) is 164 cm³/mol. The van der Waals surface area contributed by atoms with Crippen LogP contribution in [0, 0.1) is 0 Å². The lowest BCUT2D eigenvalue weighted by molar-refractivity contribution is 0.0519. The molecule has 0 atom stereocenters. The summed E-state index contributed by atoms with van der Waals surface area (Å²) in [6, 6.07) is 18.0. The molecule has 6 rings (SSSR count). The van der Waals surface area contributed by atoms with Crippen LogP contribution in [0.15, 0.2) is 60.7 Å². The zero-order valence-corrected chi connectivity index (χ0v) is 23.7. The highest BCUT2D eigenvalue weighted by atomic mass is 16.5. The Labute approximate surface area is 245 Å². The SMILES string of the molecule is CCOC(=O)c1c2nc(c3ccc([nH]3)c(C(=O)OCC)c3ccc([nH]3)c(-c3ccc(C(=O)OC)cc3)c3ccc1[nH]3)C=C2. The van der Waals surface area contributed by atoms with Crippen LogP contribution < -0.4 is 0 Å². The van der Waals surface area contributed by atoms with Gasteiger partial charge in [0.05, 0.1) is 59.3 Å². The molecule has 216 valence electrons. The number of aromatic nitrogens is 4. The first kappa shape index (κ1) is 27.5. The maximum absolute atomic E-state index is 13.3. The number of H-pyrrole nitrogens is 3. The molecule has 10 heteroatoms. The number of carbonyl (C=O) groups is 3. The summed E-state index contributed by atoms with van der Waals surface area (Å²) in [5, 5.41) is 0. The fourth-order valence-electron chi connectivity index (χ4n) is 5.19. The van der Waals surface area contributed by atoms with E-state index in [9.17, 15) is 14.4 Å². The number of rotatable bonds is 6. The molecule has 0 saturated heterocycles. The smallest absolute Gasteiger partial charge is 0.342 e. The molecule has 0 unspecified atom stereocenters. The molecular weight excluding hydrogens is 548 g/mol. The van der Waals surface area contributed by atoms with E-state index in [1.807, 2.05) is 36.4 Å². The fraction of sp³-hybridized carbons (Fsp3) is 0.152. The van der Waals surface area contributed by atoms with E-state index in [0.29, 0.717) is 55.6 Å². The molecule has 0 amide bonds. The van der Waals surface area contributed by atoms with Crippen LogP contribution >= 0.6 is 0 Å². The maximum atomic E-state index is 13.3. The van der Waals surface area contributed by atoms with Crippen LogP contribution in [0.4, 0.5) is 0 Å². The summed E-state index contributed by atoms with van der Waals surface area (Å²) in [7, 11) is 1.33. The van der Waals surface area contributed by atoms with Crippen molar-refractivity contribution in [2.45, 2.75) is 13.8 Å². The van der Waals surface area contributed by atoms with Crippen molar-refractivity contribution in [3.05, 3.63) is 88.7 Å². The lowest BCUT2D eigenvalue weighted by Crippen LogP contribution is -2.07. The molecule has 0 fully saturated rings. The van der Waals surface area contributed by atoms with Crippen LogP contribution in [-0.4, -0.2) is 58.2 Å². The Kier molecular flexibility index (Phi) is 7.25. The van der Waals surface area contributed by atoms with Crippen molar-refractivity contribution in [1.29, 1.82) is 0 Å². The van der Waals surface area contributed by atoms with Gasteiger partial charge in [0.1, 0.15) is 11.1 Å². The highest BCUT2D eigenvalue weighted by Crippen LogP contribution is 2.31. The van der Waals surface area contributed by atoms with E-state index in [0.717, 1.165) is 11.1 Å². The molecule has 1 aliphatic heterocycles. The molecule has 1 aromatic carbocycles. The topological polar surface area (TPSA) is 139 Å². The van der Waals surface area contributed by atoms with Crippen molar-refractivity contribution in [1.82, 2.24) is 19.9 Å². The van der Waals surface area contributed by atoms with Crippen LogP contribution in [0.3, 0.4) is 0 Å². The van der Waals surface area contributed by atoms with Crippen molar-refractivity contribution < 1.29 is 28.6 Å². The molecule has 5 aromatic rings. The Balaban J connectivity index is 1.76. The molecular formula is C33H28N4O6. The molecule has 8 bridgehead atoms. The zero-order valence-electron chi connectivity index (χ0n) is 23.7. The standard InChI is InChI=1S/C33H28N4O6/c1-4-42-32(39)29-24-12-10-20(34-24)21-11-13-25(35-21)30(33(40)43-5-2)27-17-15-23(37-27)28(22-14-16-26(29)36-22)18-6-8-19(9-7-18)31(38)41-3/h6-17,34,36-37H,4-5H2,1-3H3. The summed E-state index contributed by atoms with van der Waals surface area (Å²) in [5.41, 5.74) is 7.19. The highest BCUT2D eigenvalue weighted by molar-refractivity contribution is 6.06. The number of aromatic amines is 3. The third kappa shape index (κ3) is 5.03. The van der Waals surface area contributed by atoms with Gasteiger partial charge >= 0.3 is 17.9 Å². The Hall–Kier alpha value is -5.64. The summed E-state index contributed by atoms with van der Waals surface area (Å²) in [6.07, 6.45) is 3.56. The summed E-state index contributed by atoms with van der Waals surface area (Å²) < 4.78 is 15.7. The molecule has 0 radical (unpaired) electrons. The molecule has 0 saturated carbocycles. The number of benzene rings is 1. The van der Waals surface area contributed by atoms with Gasteiger partial charge in [0.2, 0.25) is 0 Å². The van der Waals surface area contributed by atoms with Gasteiger partial charge in [-0.25, -0.2) is 19.4 Å². The van der Waals surface area contributed by atoms with E-state index < -0.39 is 17.9 Å². The average Bonchev–Trinajstić information content (AvgIpc) is 3.82. The predicted octanol–water partition coefficient (Wildman–Crippen LogP) is 6.50. The monoisotopic (exact) mass is 576 g/mol. The first-order valence-corrected chi connectivity index (χ1v) is 13.8. The number of esters is 3. The minimum absolute atomic E-state index is 0.199. The third-order valence-electron chi connectivity index (χ3n) is 7.13. The third-order valence-corrected chi connectivity index (χ3v) is 7.13. The quantitative estimate of drug-likeness (QED) is 0.152. The molecule has 0 spiro atoms. The van der Waals surface area contributed by atoms with Crippen molar-refractivity contribution in [3.8, 4) is 11.1 Å². The molecule has 5 heterocycles. The number of nitrogens with one attached hydrogen (secondary N) is 3. The number of methoxy groups -OCH3 is 1. The summed E-state index contributed by atoms with van der Waals surface area (Å²) in [5.74, 6) is -1.45. The van der Waals surface area contributed by atoms with E-state index in [-0.39, 0.29) is 18.8 Å². The number of ether oxygens (including phenoxy) is 3. The van der Waals surface area contributed by atoms with E-state index >= 15 is 0 Å². The lowest BCUT2D eigenvalue weighted by Gasteiger charge is -2.06. The van der Waals surface area contributed by atoms with Crippen LogP contribution in [0.1, 0.15) is 56.3 Å². The second-order valence-corrected chi connectivity index (χ2v) is 9.71. The van der Waals surface area contributed by atoms with Crippen LogP contribution in [0.2, 0.25) is 0 Å². The van der Waals surface area contributed by atoms with Crippen molar-refractivity contribution >= 4 is 63.2 Å². The summed E-state index contributed by atoms with van der Waals surface area (Å²) >= 11 is 0. The molecule has 3 N–H and O–H groups in total. The summed E-state index contributed by atoms with van der Waals surface area (Å²) in [4.78, 5) is 53.5. The van der Waals surface area contributed by atoms with Gasteiger partial charge in [-0.3, -0.25) is 0 Å². The van der Waals surface area contributed by atoms with Gasteiger partial charge in [-0.15, -0.1) is 0 Å². The Bertz CT molecular complexity index is 2050. The summed E-state index contributed by atoms with van der Waals surface area (Å²) in [6.45, 7) is 3.91. The molecule has 0 aliphatic carbocycles. The Morgan fingerprint density at radius 2 is 1.09 bits per heavy atom. The number of carbonyl (C=O) groups excluding carboxylic acids is 3. The first-order chi connectivity index (χ1) is 20.9. The first-order valence-electron chi connectivity index (χ1n) is 13.8. The normalized spacial score (nSPS) is 11.5. The molecule has 1 aliphatic rings. The van der Waals surface area contributed by atoms with Crippen LogP contribution in [0.25, 0.3) is 56.4 Å². The number of fused-ring (bicyclic) bond motifs is 9. The van der Waals surface area contributed by atoms with Gasteiger partial charge in [-0.05, 0) is 80.1 Å². The molecule has 10 nitrogen and oxygen atoms in total. The lowest BCUT2D eigenvalue weighted by atomic mass is 10.0. The van der Waals surface area contributed by atoms with Gasteiger partial charge in [0.25, 0.3) is 0 Å². The van der Waals surface area contributed by atoms with Crippen molar-refractivity contribution in [3.63, 3.8) is 0 Å². The highest BCUT2D eigenvalue weighted by Gasteiger charge is 2.20. The van der Waals surface area contributed by atoms with Crippen LogP contribution in [-0.2, 0) is 14.2 Å².